The standard InChI is InChI=1S/C17H26N4O2/c22-15-8-4-10-21(15)11-5-9-18-17(23)14-12-19-20-16(14)13-6-2-1-3-7-13/h12-13H,1-11H2,(H,18,23)(H,19,20). The van der Waals surface area contributed by atoms with Crippen molar-refractivity contribution in [1.82, 2.24) is 20.4 Å². The van der Waals surface area contributed by atoms with Crippen molar-refractivity contribution in [2.75, 3.05) is 19.6 Å². The van der Waals surface area contributed by atoms with E-state index in [4.69, 9.17) is 0 Å². The highest BCUT2D eigenvalue weighted by Gasteiger charge is 2.23. The molecule has 0 aromatic carbocycles. The van der Waals surface area contributed by atoms with Crippen molar-refractivity contribution in [2.45, 2.75) is 57.3 Å². The Hall–Kier alpha value is -1.85. The summed E-state index contributed by atoms with van der Waals surface area (Å²) in [6.07, 6.45) is 10.1. The summed E-state index contributed by atoms with van der Waals surface area (Å²) in [6, 6.07) is 0. The van der Waals surface area contributed by atoms with Crippen LogP contribution >= 0.6 is 0 Å². The van der Waals surface area contributed by atoms with E-state index < -0.39 is 0 Å². The Balaban J connectivity index is 1.46. The van der Waals surface area contributed by atoms with Crippen molar-refractivity contribution in [3.63, 3.8) is 0 Å². The highest BCUT2D eigenvalue weighted by atomic mass is 16.2. The van der Waals surface area contributed by atoms with Crippen LogP contribution in [0.3, 0.4) is 0 Å². The number of carbonyl (C=O) groups is 2. The predicted molar refractivity (Wildman–Crippen MR) is 87.2 cm³/mol. The van der Waals surface area contributed by atoms with Gasteiger partial charge in [-0.15, -0.1) is 0 Å². The Labute approximate surface area is 137 Å². The molecule has 2 amide bonds. The predicted octanol–water partition coefficient (Wildman–Crippen LogP) is 2.20. The summed E-state index contributed by atoms with van der Waals surface area (Å²) in [7, 11) is 0. The van der Waals surface area contributed by atoms with Gasteiger partial charge < -0.3 is 10.2 Å². The first-order valence-corrected chi connectivity index (χ1v) is 8.85. The fourth-order valence-electron chi connectivity index (χ4n) is 3.69. The lowest BCUT2D eigenvalue weighted by molar-refractivity contribution is -0.127. The molecule has 0 radical (unpaired) electrons. The lowest BCUT2D eigenvalue weighted by Crippen LogP contribution is -2.31. The number of aromatic amines is 1. The van der Waals surface area contributed by atoms with Crippen molar-refractivity contribution in [2.24, 2.45) is 0 Å². The summed E-state index contributed by atoms with van der Waals surface area (Å²) in [5.41, 5.74) is 1.69. The van der Waals surface area contributed by atoms with Crippen LogP contribution in [0.4, 0.5) is 0 Å². The van der Waals surface area contributed by atoms with E-state index in [1.807, 2.05) is 4.90 Å². The molecule has 2 heterocycles. The molecule has 126 valence electrons. The third-order valence-corrected chi connectivity index (χ3v) is 4.99. The number of hydrogen-bond donors (Lipinski definition) is 2. The Morgan fingerprint density at radius 2 is 2.13 bits per heavy atom. The number of likely N-dealkylation sites (tertiary alicyclic amines) is 1. The second-order valence-corrected chi connectivity index (χ2v) is 6.63. The van der Waals surface area contributed by atoms with Gasteiger partial charge in [0.15, 0.2) is 0 Å². The van der Waals surface area contributed by atoms with Gasteiger partial charge in [0.1, 0.15) is 0 Å². The topological polar surface area (TPSA) is 78.1 Å². The third kappa shape index (κ3) is 3.92. The van der Waals surface area contributed by atoms with Gasteiger partial charge in [0.05, 0.1) is 17.5 Å². The number of carbonyl (C=O) groups excluding carboxylic acids is 2. The molecule has 1 aromatic heterocycles. The summed E-state index contributed by atoms with van der Waals surface area (Å²) in [5, 5.41) is 10.1. The lowest BCUT2D eigenvalue weighted by atomic mass is 9.85. The molecule has 1 aliphatic carbocycles. The largest absolute Gasteiger partial charge is 0.352 e. The van der Waals surface area contributed by atoms with Crippen LogP contribution in [0.1, 0.15) is 73.3 Å². The Morgan fingerprint density at radius 1 is 1.30 bits per heavy atom. The quantitative estimate of drug-likeness (QED) is 0.789. The average Bonchev–Trinajstić information content (AvgIpc) is 3.21. The van der Waals surface area contributed by atoms with Crippen molar-refractivity contribution < 1.29 is 9.59 Å². The Bertz CT molecular complexity index is 549. The van der Waals surface area contributed by atoms with E-state index in [-0.39, 0.29) is 11.8 Å². The highest BCUT2D eigenvalue weighted by molar-refractivity contribution is 5.95. The van der Waals surface area contributed by atoms with E-state index in [9.17, 15) is 9.59 Å². The third-order valence-electron chi connectivity index (χ3n) is 4.99. The molecule has 0 unspecified atom stereocenters. The van der Waals surface area contributed by atoms with Gasteiger partial charge in [-0.25, -0.2) is 0 Å². The number of nitrogens with one attached hydrogen (secondary N) is 2. The van der Waals surface area contributed by atoms with E-state index in [2.05, 4.69) is 15.5 Å². The van der Waals surface area contributed by atoms with Gasteiger partial charge in [0, 0.05) is 32.0 Å². The summed E-state index contributed by atoms with van der Waals surface area (Å²) in [4.78, 5) is 25.8. The van der Waals surface area contributed by atoms with Gasteiger partial charge in [0.2, 0.25) is 5.91 Å². The molecule has 1 aromatic rings. The molecule has 0 spiro atoms. The molecule has 1 saturated heterocycles. The number of aromatic nitrogens is 2. The van der Waals surface area contributed by atoms with E-state index >= 15 is 0 Å². The number of amides is 2. The van der Waals surface area contributed by atoms with E-state index in [0.29, 0.717) is 24.4 Å². The summed E-state index contributed by atoms with van der Waals surface area (Å²) < 4.78 is 0. The maximum atomic E-state index is 12.4. The first kappa shape index (κ1) is 16.0. The molecule has 0 bridgehead atoms. The van der Waals surface area contributed by atoms with Crippen LogP contribution in [0.25, 0.3) is 0 Å². The van der Waals surface area contributed by atoms with E-state index in [1.54, 1.807) is 6.20 Å². The van der Waals surface area contributed by atoms with Gasteiger partial charge in [-0.05, 0) is 25.7 Å². The first-order chi connectivity index (χ1) is 11.3. The van der Waals surface area contributed by atoms with Gasteiger partial charge in [-0.1, -0.05) is 19.3 Å². The second kappa shape index (κ2) is 7.62. The van der Waals surface area contributed by atoms with Crippen LogP contribution in [0.2, 0.25) is 0 Å². The highest BCUT2D eigenvalue weighted by Crippen LogP contribution is 2.33. The molecule has 3 rings (SSSR count). The molecule has 2 N–H and O–H groups in total. The minimum absolute atomic E-state index is 0.0490. The summed E-state index contributed by atoms with van der Waals surface area (Å²) >= 11 is 0. The fourth-order valence-corrected chi connectivity index (χ4v) is 3.69. The van der Waals surface area contributed by atoms with Crippen LogP contribution in [-0.2, 0) is 4.79 Å². The van der Waals surface area contributed by atoms with Crippen molar-refractivity contribution >= 4 is 11.8 Å². The summed E-state index contributed by atoms with van der Waals surface area (Å²) in [5.74, 6) is 0.632. The number of nitrogens with zero attached hydrogens (tertiary/aromatic N) is 2. The number of rotatable bonds is 6. The van der Waals surface area contributed by atoms with Crippen LogP contribution in [-0.4, -0.2) is 46.5 Å². The fraction of sp³-hybridized carbons (Fsp3) is 0.706. The zero-order valence-corrected chi connectivity index (χ0v) is 13.6. The molecular formula is C17H26N4O2. The van der Waals surface area contributed by atoms with Crippen LogP contribution in [0.5, 0.6) is 0 Å². The maximum Gasteiger partial charge on any atom is 0.254 e. The van der Waals surface area contributed by atoms with Gasteiger partial charge in [-0.3, -0.25) is 14.7 Å². The van der Waals surface area contributed by atoms with Gasteiger partial charge in [-0.2, -0.15) is 5.10 Å². The molecule has 1 aliphatic heterocycles. The Morgan fingerprint density at radius 3 is 2.87 bits per heavy atom. The number of hydrogen-bond acceptors (Lipinski definition) is 3. The zero-order valence-electron chi connectivity index (χ0n) is 13.6. The molecule has 1 saturated carbocycles. The minimum Gasteiger partial charge on any atom is -0.352 e. The normalized spacial score (nSPS) is 19.3. The molecule has 6 heteroatoms. The second-order valence-electron chi connectivity index (χ2n) is 6.63. The summed E-state index contributed by atoms with van der Waals surface area (Å²) in [6.45, 7) is 2.19. The van der Waals surface area contributed by atoms with Gasteiger partial charge in [0.25, 0.3) is 5.91 Å². The molecule has 0 atom stereocenters. The smallest absolute Gasteiger partial charge is 0.254 e. The monoisotopic (exact) mass is 318 g/mol. The molecule has 23 heavy (non-hydrogen) atoms. The SMILES string of the molecule is O=C(NCCCN1CCCC1=O)c1cn[nH]c1C1CCCCC1. The minimum atomic E-state index is -0.0490. The molecular weight excluding hydrogens is 292 g/mol. The average molecular weight is 318 g/mol. The lowest BCUT2D eigenvalue weighted by Gasteiger charge is -2.21. The van der Waals surface area contributed by atoms with Crippen LogP contribution in [0.15, 0.2) is 6.20 Å². The maximum absolute atomic E-state index is 12.4. The molecule has 6 nitrogen and oxygen atoms in total. The van der Waals surface area contributed by atoms with E-state index in [0.717, 1.165) is 44.5 Å². The zero-order chi connectivity index (χ0) is 16.1. The molecule has 2 fully saturated rings. The van der Waals surface area contributed by atoms with E-state index in [1.165, 1.54) is 19.3 Å². The molecule has 2 aliphatic rings. The van der Waals surface area contributed by atoms with Crippen LogP contribution < -0.4 is 5.32 Å². The number of H-pyrrole nitrogens is 1. The Kier molecular flexibility index (Phi) is 5.31. The van der Waals surface area contributed by atoms with Gasteiger partial charge >= 0.3 is 0 Å². The first-order valence-electron chi connectivity index (χ1n) is 8.85. The van der Waals surface area contributed by atoms with Crippen molar-refractivity contribution in [1.29, 1.82) is 0 Å². The van der Waals surface area contributed by atoms with Crippen molar-refractivity contribution in [3.05, 3.63) is 17.5 Å². The van der Waals surface area contributed by atoms with Crippen LogP contribution in [0, 0.1) is 0 Å². The van der Waals surface area contributed by atoms with Crippen molar-refractivity contribution in [3.8, 4) is 0 Å².